The van der Waals surface area contributed by atoms with Crippen LogP contribution in [-0.2, 0) is 23.8 Å². The molecule has 5 heteroatoms. The van der Waals surface area contributed by atoms with Gasteiger partial charge in [-0.25, -0.2) is 0 Å². The van der Waals surface area contributed by atoms with Gasteiger partial charge < -0.3 is 14.2 Å². The molecule has 0 aromatic rings. The lowest BCUT2D eigenvalue weighted by molar-refractivity contribution is -0.163. The van der Waals surface area contributed by atoms with Crippen molar-refractivity contribution in [3.05, 3.63) is 97.2 Å². The van der Waals surface area contributed by atoms with Gasteiger partial charge in [-0.3, -0.25) is 9.59 Å². The number of ether oxygens (including phenoxy) is 3. The highest BCUT2D eigenvalue weighted by Gasteiger charge is 2.17. The zero-order valence-corrected chi connectivity index (χ0v) is 43.4. The van der Waals surface area contributed by atoms with E-state index in [0.29, 0.717) is 19.4 Å². The maximum atomic E-state index is 12.8. The standard InChI is InChI=1S/C61H104O5/c1-4-7-10-13-16-19-22-25-28-30-31-33-34-36-39-42-45-48-51-54-60(62)65-58-59(57-64-56-53-50-47-44-41-38-27-24-21-18-15-12-9-6-3)66-61(63)55-52-49-46-43-40-37-35-32-29-26-23-20-17-14-11-8-5-2/h7,9-10,12,16,18-19,21,25-29,31,33,38,59H,4-6,8,11,13-15,17,20,22-24,30,32,34-37,39-58H2,1-3H3/b10-7-,12-9-,19-16-,21-18-,28-25-,29-26-,33-31-,38-27-. The third kappa shape index (κ3) is 53.4. The van der Waals surface area contributed by atoms with Crippen LogP contribution in [0, 0.1) is 0 Å². The number of carbonyl (C=O) groups excluding carboxylic acids is 2. The Bertz CT molecular complexity index is 1270. The summed E-state index contributed by atoms with van der Waals surface area (Å²) in [5, 5.41) is 0. The van der Waals surface area contributed by atoms with E-state index in [-0.39, 0.29) is 25.2 Å². The predicted molar refractivity (Wildman–Crippen MR) is 288 cm³/mol. The van der Waals surface area contributed by atoms with Gasteiger partial charge in [-0.2, -0.15) is 0 Å². The van der Waals surface area contributed by atoms with Crippen LogP contribution in [0.1, 0.15) is 252 Å². The van der Waals surface area contributed by atoms with E-state index in [1.807, 2.05) is 0 Å². The summed E-state index contributed by atoms with van der Waals surface area (Å²) in [5.41, 5.74) is 0. The van der Waals surface area contributed by atoms with Crippen molar-refractivity contribution in [2.75, 3.05) is 19.8 Å². The van der Waals surface area contributed by atoms with Gasteiger partial charge in [0.1, 0.15) is 6.61 Å². The Labute approximate surface area is 409 Å². The Kier molecular flexibility index (Phi) is 53.4. The fourth-order valence-electron chi connectivity index (χ4n) is 7.51. The molecule has 66 heavy (non-hydrogen) atoms. The highest BCUT2D eigenvalue weighted by atomic mass is 16.6. The molecule has 0 rings (SSSR count). The van der Waals surface area contributed by atoms with Crippen molar-refractivity contribution in [1.29, 1.82) is 0 Å². The van der Waals surface area contributed by atoms with E-state index in [4.69, 9.17) is 14.2 Å². The lowest BCUT2D eigenvalue weighted by Crippen LogP contribution is -2.30. The minimum atomic E-state index is -0.562. The van der Waals surface area contributed by atoms with Crippen LogP contribution in [0.3, 0.4) is 0 Å². The van der Waals surface area contributed by atoms with Crippen molar-refractivity contribution in [2.24, 2.45) is 0 Å². The molecule has 0 saturated heterocycles. The molecule has 0 amide bonds. The van der Waals surface area contributed by atoms with Crippen LogP contribution in [0.15, 0.2) is 97.2 Å². The SMILES string of the molecule is CC/C=C\C/C=C\C/C=C\C/C=C\CCCCCCCCC(=O)OCC(COCCCCCC/C=C\C/C=C\C/C=C\CC)OC(=O)CCCCCCCCC/C=C\CCCCCCCC. The minimum absolute atomic E-state index is 0.0626. The summed E-state index contributed by atoms with van der Waals surface area (Å²) in [6.45, 7) is 7.54. The molecule has 5 nitrogen and oxygen atoms in total. The molecular formula is C61H104O5. The quantitative estimate of drug-likeness (QED) is 0.0346. The first-order chi connectivity index (χ1) is 32.6. The molecule has 0 aliphatic rings. The van der Waals surface area contributed by atoms with E-state index in [1.54, 1.807) is 0 Å². The summed E-state index contributed by atoms with van der Waals surface area (Å²) in [4.78, 5) is 25.5. The Morgan fingerprint density at radius 3 is 1.11 bits per heavy atom. The molecule has 0 N–H and O–H groups in total. The van der Waals surface area contributed by atoms with Crippen LogP contribution >= 0.6 is 0 Å². The van der Waals surface area contributed by atoms with Crippen molar-refractivity contribution in [1.82, 2.24) is 0 Å². The van der Waals surface area contributed by atoms with Crippen molar-refractivity contribution in [3.63, 3.8) is 0 Å². The molecule has 0 aliphatic heterocycles. The van der Waals surface area contributed by atoms with Gasteiger partial charge in [-0.1, -0.05) is 221 Å². The molecule has 378 valence electrons. The van der Waals surface area contributed by atoms with Crippen LogP contribution in [0.2, 0.25) is 0 Å². The van der Waals surface area contributed by atoms with Crippen molar-refractivity contribution < 1.29 is 23.8 Å². The van der Waals surface area contributed by atoms with E-state index in [2.05, 4.69) is 118 Å². The largest absolute Gasteiger partial charge is 0.462 e. The lowest BCUT2D eigenvalue weighted by Gasteiger charge is -2.18. The van der Waals surface area contributed by atoms with Crippen LogP contribution in [0.4, 0.5) is 0 Å². The molecule has 0 aliphatic carbocycles. The van der Waals surface area contributed by atoms with Gasteiger partial charge in [0.2, 0.25) is 0 Å². The van der Waals surface area contributed by atoms with E-state index >= 15 is 0 Å². The third-order valence-corrected chi connectivity index (χ3v) is 11.6. The van der Waals surface area contributed by atoms with E-state index in [0.717, 1.165) is 109 Å². The number of hydrogen-bond acceptors (Lipinski definition) is 5. The highest BCUT2D eigenvalue weighted by molar-refractivity contribution is 5.70. The number of allylic oxidation sites excluding steroid dienone is 16. The Hall–Kier alpha value is -3.18. The summed E-state index contributed by atoms with van der Waals surface area (Å²) >= 11 is 0. The number of unbranched alkanes of at least 4 members (excludes halogenated alkanes) is 23. The molecule has 0 saturated carbocycles. The summed E-state index contributed by atoms with van der Waals surface area (Å²) in [7, 11) is 0. The van der Waals surface area contributed by atoms with Gasteiger partial charge in [-0.05, 0) is 116 Å². The van der Waals surface area contributed by atoms with E-state index < -0.39 is 6.10 Å². The fraction of sp³-hybridized carbons (Fsp3) is 0.705. The molecule has 1 atom stereocenters. The Morgan fingerprint density at radius 2 is 0.682 bits per heavy atom. The molecule has 0 aromatic heterocycles. The van der Waals surface area contributed by atoms with Gasteiger partial charge in [0.25, 0.3) is 0 Å². The number of esters is 2. The predicted octanol–water partition coefficient (Wildman–Crippen LogP) is 19.0. The average Bonchev–Trinajstić information content (AvgIpc) is 3.32. The normalized spacial score (nSPS) is 13.0. The fourth-order valence-corrected chi connectivity index (χ4v) is 7.51. The number of hydrogen-bond donors (Lipinski definition) is 0. The van der Waals surface area contributed by atoms with Crippen LogP contribution in [0.25, 0.3) is 0 Å². The number of rotatable bonds is 50. The van der Waals surface area contributed by atoms with Gasteiger partial charge >= 0.3 is 11.9 Å². The van der Waals surface area contributed by atoms with Crippen LogP contribution in [0.5, 0.6) is 0 Å². The number of carbonyl (C=O) groups is 2. The molecule has 0 fully saturated rings. The molecular weight excluding hydrogens is 813 g/mol. The van der Waals surface area contributed by atoms with Gasteiger partial charge in [-0.15, -0.1) is 0 Å². The van der Waals surface area contributed by atoms with E-state index in [9.17, 15) is 9.59 Å². The lowest BCUT2D eigenvalue weighted by atomic mass is 10.1. The minimum Gasteiger partial charge on any atom is -0.462 e. The second-order valence-electron chi connectivity index (χ2n) is 18.1. The highest BCUT2D eigenvalue weighted by Crippen LogP contribution is 2.14. The summed E-state index contributed by atoms with van der Waals surface area (Å²) in [5.74, 6) is -0.431. The molecule has 0 bridgehead atoms. The van der Waals surface area contributed by atoms with E-state index in [1.165, 1.54) is 109 Å². The maximum absolute atomic E-state index is 12.8. The summed E-state index contributed by atoms with van der Waals surface area (Å²) in [6, 6.07) is 0. The van der Waals surface area contributed by atoms with Crippen molar-refractivity contribution >= 4 is 11.9 Å². The zero-order valence-electron chi connectivity index (χ0n) is 43.4. The topological polar surface area (TPSA) is 61.8 Å². The van der Waals surface area contributed by atoms with Gasteiger partial charge in [0.15, 0.2) is 6.10 Å². The maximum Gasteiger partial charge on any atom is 0.306 e. The molecule has 0 aromatic carbocycles. The first-order valence-corrected chi connectivity index (χ1v) is 27.8. The van der Waals surface area contributed by atoms with Crippen molar-refractivity contribution in [3.8, 4) is 0 Å². The monoisotopic (exact) mass is 917 g/mol. The zero-order chi connectivity index (χ0) is 47.7. The molecule has 0 radical (unpaired) electrons. The summed E-state index contributed by atoms with van der Waals surface area (Å²) < 4.78 is 17.4. The molecule has 1 unspecified atom stereocenters. The Balaban J connectivity index is 4.33. The second-order valence-corrected chi connectivity index (χ2v) is 18.1. The summed E-state index contributed by atoms with van der Waals surface area (Å²) in [6.07, 6.45) is 75.6. The smallest absolute Gasteiger partial charge is 0.306 e. The second kappa shape index (κ2) is 56.1. The first kappa shape index (κ1) is 62.8. The van der Waals surface area contributed by atoms with Gasteiger partial charge in [0, 0.05) is 19.4 Å². The van der Waals surface area contributed by atoms with Gasteiger partial charge in [0.05, 0.1) is 6.61 Å². The molecule has 0 heterocycles. The average molecular weight is 917 g/mol. The van der Waals surface area contributed by atoms with Crippen LogP contribution < -0.4 is 0 Å². The van der Waals surface area contributed by atoms with Crippen LogP contribution in [-0.4, -0.2) is 37.9 Å². The first-order valence-electron chi connectivity index (χ1n) is 27.8. The third-order valence-electron chi connectivity index (χ3n) is 11.6. The molecule has 0 spiro atoms. The van der Waals surface area contributed by atoms with Crippen molar-refractivity contribution in [2.45, 2.75) is 258 Å². The Morgan fingerprint density at radius 1 is 0.348 bits per heavy atom.